The van der Waals surface area contributed by atoms with Gasteiger partial charge in [-0.15, -0.1) is 0 Å². The minimum absolute atomic E-state index is 0.181. The smallest absolute Gasteiger partial charge is 0.338 e. The van der Waals surface area contributed by atoms with Crippen molar-refractivity contribution in [3.05, 3.63) is 96.3 Å². The molecule has 5 rings (SSSR count). The Morgan fingerprint density at radius 2 is 1.89 bits per heavy atom. The number of allylic oxidation sites excluding steroid dienone is 1. The van der Waals surface area contributed by atoms with Gasteiger partial charge in [-0.1, -0.05) is 41.7 Å². The second-order valence-corrected chi connectivity index (χ2v) is 10.0. The number of aromatic amines is 1. The third-order valence-electron chi connectivity index (χ3n) is 6.46. The van der Waals surface area contributed by atoms with Crippen LogP contribution in [0.4, 0.5) is 5.69 Å². The van der Waals surface area contributed by atoms with Crippen LogP contribution in [0.25, 0.3) is 17.0 Å². The molecule has 36 heavy (non-hydrogen) atoms. The van der Waals surface area contributed by atoms with Gasteiger partial charge in [-0.3, -0.25) is 9.36 Å². The fraction of sp³-hybridized carbons (Fsp3) is 0.250. The van der Waals surface area contributed by atoms with Crippen molar-refractivity contribution in [2.24, 2.45) is 4.99 Å². The van der Waals surface area contributed by atoms with Gasteiger partial charge in [0.2, 0.25) is 0 Å². The van der Waals surface area contributed by atoms with Crippen molar-refractivity contribution in [1.82, 2.24) is 9.55 Å². The summed E-state index contributed by atoms with van der Waals surface area (Å²) >= 11 is 1.33. The maximum absolute atomic E-state index is 13.9. The molecular weight excluding hydrogens is 472 g/mol. The summed E-state index contributed by atoms with van der Waals surface area (Å²) in [5.41, 5.74) is 5.61. The fourth-order valence-corrected chi connectivity index (χ4v) is 5.71. The van der Waals surface area contributed by atoms with E-state index in [9.17, 15) is 9.59 Å². The van der Waals surface area contributed by atoms with Crippen molar-refractivity contribution in [3.8, 4) is 0 Å². The van der Waals surface area contributed by atoms with E-state index in [1.54, 1.807) is 18.4 Å². The Balaban J connectivity index is 1.74. The number of carbonyl (C=O) groups is 1. The Hall–Kier alpha value is -3.91. The van der Waals surface area contributed by atoms with Gasteiger partial charge in [0, 0.05) is 41.9 Å². The maximum atomic E-state index is 13.9. The average molecular weight is 501 g/mol. The Kier molecular flexibility index (Phi) is 6.14. The molecule has 4 aromatic rings. The molecule has 1 N–H and O–H groups in total. The number of rotatable bonds is 5. The number of aromatic nitrogens is 2. The molecule has 7 nitrogen and oxygen atoms in total. The summed E-state index contributed by atoms with van der Waals surface area (Å²) < 4.78 is 7.58. The molecule has 0 amide bonds. The Labute approximate surface area is 212 Å². The lowest BCUT2D eigenvalue weighted by Gasteiger charge is -2.25. The van der Waals surface area contributed by atoms with Crippen molar-refractivity contribution in [1.29, 1.82) is 0 Å². The number of para-hydroxylation sites is 1. The second kappa shape index (κ2) is 9.28. The molecule has 3 heterocycles. The molecular formula is C28H28N4O3S. The molecule has 1 aliphatic heterocycles. The monoisotopic (exact) mass is 500 g/mol. The van der Waals surface area contributed by atoms with Crippen LogP contribution in [-0.2, 0) is 9.53 Å². The first kappa shape index (κ1) is 23.8. The number of thiazole rings is 1. The van der Waals surface area contributed by atoms with E-state index >= 15 is 0 Å². The van der Waals surface area contributed by atoms with Crippen LogP contribution in [-0.4, -0.2) is 36.2 Å². The number of hydrogen-bond donors (Lipinski definition) is 1. The van der Waals surface area contributed by atoms with E-state index in [0.717, 1.165) is 33.4 Å². The third kappa shape index (κ3) is 3.97. The first-order chi connectivity index (χ1) is 17.3. The quantitative estimate of drug-likeness (QED) is 0.424. The fourth-order valence-electron chi connectivity index (χ4n) is 4.68. The molecule has 2 aromatic carbocycles. The highest BCUT2D eigenvalue weighted by Gasteiger charge is 2.33. The Morgan fingerprint density at radius 1 is 1.17 bits per heavy atom. The molecule has 0 aliphatic carbocycles. The SMILES string of the molecule is CCOC(=O)C1=C(C)N=c2s/c(=C/c3c(C)[nH]c4ccccc34)c(=O)n2C1c1ccc(N(C)C)cc1. The lowest BCUT2D eigenvalue weighted by atomic mass is 9.95. The highest BCUT2D eigenvalue weighted by Crippen LogP contribution is 2.31. The van der Waals surface area contributed by atoms with E-state index in [1.807, 2.05) is 80.5 Å². The van der Waals surface area contributed by atoms with Gasteiger partial charge >= 0.3 is 5.97 Å². The van der Waals surface area contributed by atoms with Crippen molar-refractivity contribution in [2.45, 2.75) is 26.8 Å². The van der Waals surface area contributed by atoms with Gasteiger partial charge < -0.3 is 14.6 Å². The predicted octanol–water partition coefficient (Wildman–Crippen LogP) is 3.65. The molecule has 2 aromatic heterocycles. The molecule has 1 unspecified atom stereocenters. The molecule has 1 aliphatic rings. The molecule has 0 saturated heterocycles. The van der Waals surface area contributed by atoms with Gasteiger partial charge in [-0.05, 0) is 50.6 Å². The van der Waals surface area contributed by atoms with Crippen molar-refractivity contribution in [3.63, 3.8) is 0 Å². The lowest BCUT2D eigenvalue weighted by molar-refractivity contribution is -0.139. The first-order valence-electron chi connectivity index (χ1n) is 11.8. The molecule has 1 atom stereocenters. The van der Waals surface area contributed by atoms with Gasteiger partial charge in [-0.2, -0.15) is 0 Å². The minimum atomic E-state index is -0.622. The summed E-state index contributed by atoms with van der Waals surface area (Å²) in [7, 11) is 3.94. The second-order valence-electron chi connectivity index (χ2n) is 9.00. The van der Waals surface area contributed by atoms with Crippen LogP contribution in [0.1, 0.15) is 36.7 Å². The maximum Gasteiger partial charge on any atom is 0.338 e. The first-order valence-corrected chi connectivity index (χ1v) is 12.7. The summed E-state index contributed by atoms with van der Waals surface area (Å²) in [5, 5.41) is 1.06. The molecule has 0 fully saturated rings. The van der Waals surface area contributed by atoms with E-state index in [1.165, 1.54) is 11.3 Å². The number of H-pyrrole nitrogens is 1. The summed E-state index contributed by atoms with van der Waals surface area (Å²) in [6, 6.07) is 15.3. The summed E-state index contributed by atoms with van der Waals surface area (Å²) in [6.07, 6.45) is 1.92. The van der Waals surface area contributed by atoms with Gasteiger partial charge in [0.1, 0.15) is 0 Å². The number of anilines is 1. The van der Waals surface area contributed by atoms with E-state index in [0.29, 0.717) is 20.6 Å². The topological polar surface area (TPSA) is 79.7 Å². The standard InChI is InChI=1S/C28H28N4O3S/c1-6-35-27(34)24-17(3)30-28-32(25(24)18-11-13-19(14-12-18)31(4)5)26(33)23(36-28)15-21-16(2)29-22-10-8-7-9-20(21)22/h7-15,25,29H,6H2,1-5H3/b23-15+. The summed E-state index contributed by atoms with van der Waals surface area (Å²) in [5.74, 6) is -0.456. The van der Waals surface area contributed by atoms with Gasteiger partial charge in [0.25, 0.3) is 5.56 Å². The van der Waals surface area contributed by atoms with E-state index in [4.69, 9.17) is 4.74 Å². The zero-order valence-corrected chi connectivity index (χ0v) is 21.8. The van der Waals surface area contributed by atoms with Gasteiger partial charge in [0.05, 0.1) is 28.5 Å². The number of hydrogen-bond acceptors (Lipinski definition) is 6. The predicted molar refractivity (Wildman–Crippen MR) is 144 cm³/mol. The minimum Gasteiger partial charge on any atom is -0.463 e. The number of aryl methyl sites for hydroxylation is 1. The molecule has 0 radical (unpaired) electrons. The largest absolute Gasteiger partial charge is 0.463 e. The van der Waals surface area contributed by atoms with Crippen LogP contribution in [0.15, 0.2) is 69.6 Å². The number of fused-ring (bicyclic) bond motifs is 2. The van der Waals surface area contributed by atoms with Crippen molar-refractivity contribution < 1.29 is 9.53 Å². The average Bonchev–Trinajstić information content (AvgIpc) is 3.34. The number of benzene rings is 2. The van der Waals surface area contributed by atoms with Crippen LogP contribution < -0.4 is 19.8 Å². The van der Waals surface area contributed by atoms with Crippen LogP contribution in [0.2, 0.25) is 0 Å². The highest BCUT2D eigenvalue weighted by molar-refractivity contribution is 7.07. The van der Waals surface area contributed by atoms with E-state index in [2.05, 4.69) is 9.98 Å². The number of ether oxygens (including phenoxy) is 1. The number of esters is 1. The van der Waals surface area contributed by atoms with Crippen molar-refractivity contribution in [2.75, 3.05) is 25.6 Å². The molecule has 8 heteroatoms. The number of nitrogens with one attached hydrogen (secondary N) is 1. The van der Waals surface area contributed by atoms with Gasteiger partial charge in [-0.25, -0.2) is 9.79 Å². The number of nitrogens with zero attached hydrogens (tertiary/aromatic N) is 3. The molecule has 0 spiro atoms. The molecule has 0 saturated carbocycles. The Morgan fingerprint density at radius 3 is 2.58 bits per heavy atom. The van der Waals surface area contributed by atoms with E-state index < -0.39 is 12.0 Å². The van der Waals surface area contributed by atoms with Crippen LogP contribution in [0.5, 0.6) is 0 Å². The molecule has 0 bridgehead atoms. The Bertz CT molecular complexity index is 1690. The third-order valence-corrected chi connectivity index (χ3v) is 7.44. The number of carbonyl (C=O) groups excluding carboxylic acids is 1. The lowest BCUT2D eigenvalue weighted by Crippen LogP contribution is -2.40. The van der Waals surface area contributed by atoms with Crippen LogP contribution in [0, 0.1) is 6.92 Å². The van der Waals surface area contributed by atoms with Crippen LogP contribution in [0.3, 0.4) is 0 Å². The normalized spacial score (nSPS) is 15.7. The van der Waals surface area contributed by atoms with E-state index in [-0.39, 0.29) is 12.2 Å². The van der Waals surface area contributed by atoms with Crippen LogP contribution >= 0.6 is 11.3 Å². The zero-order chi connectivity index (χ0) is 25.6. The summed E-state index contributed by atoms with van der Waals surface area (Å²) in [4.78, 5) is 37.6. The van der Waals surface area contributed by atoms with Crippen molar-refractivity contribution >= 4 is 40.0 Å². The zero-order valence-electron chi connectivity index (χ0n) is 21.0. The highest BCUT2D eigenvalue weighted by atomic mass is 32.1. The summed E-state index contributed by atoms with van der Waals surface area (Å²) in [6.45, 7) is 5.81. The molecule has 184 valence electrons. The van der Waals surface area contributed by atoms with Gasteiger partial charge in [0.15, 0.2) is 4.80 Å².